The Morgan fingerprint density at radius 2 is 1.80 bits per heavy atom. The highest BCUT2D eigenvalue weighted by Gasteiger charge is 2.05. The van der Waals surface area contributed by atoms with E-state index in [0.29, 0.717) is 17.1 Å². The van der Waals surface area contributed by atoms with Crippen molar-refractivity contribution in [1.82, 2.24) is 5.43 Å². The van der Waals surface area contributed by atoms with Gasteiger partial charge in [0.2, 0.25) is 0 Å². The van der Waals surface area contributed by atoms with Crippen LogP contribution in [-0.2, 0) is 0 Å². The van der Waals surface area contributed by atoms with E-state index in [2.05, 4.69) is 26.5 Å². The number of amides is 1. The van der Waals surface area contributed by atoms with E-state index >= 15 is 0 Å². The normalized spacial score (nSPS) is 10.8. The summed E-state index contributed by atoms with van der Waals surface area (Å²) in [6, 6.07) is 18.2. The molecular formula is C19H15BrN2O3. The van der Waals surface area contributed by atoms with E-state index < -0.39 is 0 Å². The zero-order chi connectivity index (χ0) is 17.6. The van der Waals surface area contributed by atoms with Crippen LogP contribution < -0.4 is 10.2 Å². The van der Waals surface area contributed by atoms with E-state index in [9.17, 15) is 4.79 Å². The lowest BCUT2D eigenvalue weighted by Gasteiger charge is -2.01. The lowest BCUT2D eigenvalue weighted by atomic mass is 10.2. The molecule has 5 nitrogen and oxygen atoms in total. The van der Waals surface area contributed by atoms with Crippen LogP contribution in [0.25, 0.3) is 11.3 Å². The SMILES string of the molecule is COc1ccc(C(=O)N/N=C\c2ccc(-c3ccc(Br)cc3)o2)cc1. The first-order chi connectivity index (χ1) is 12.2. The van der Waals surface area contributed by atoms with Gasteiger partial charge in [-0.2, -0.15) is 5.10 Å². The first-order valence-corrected chi connectivity index (χ1v) is 8.28. The van der Waals surface area contributed by atoms with Gasteiger partial charge in [0.25, 0.3) is 5.91 Å². The fourth-order valence-corrected chi connectivity index (χ4v) is 2.42. The number of carbonyl (C=O) groups is 1. The Labute approximate surface area is 153 Å². The first-order valence-electron chi connectivity index (χ1n) is 7.49. The van der Waals surface area contributed by atoms with Crippen molar-refractivity contribution in [3.8, 4) is 17.1 Å². The van der Waals surface area contributed by atoms with Crippen LogP contribution in [0, 0.1) is 0 Å². The van der Waals surface area contributed by atoms with Crippen molar-refractivity contribution in [2.45, 2.75) is 0 Å². The summed E-state index contributed by atoms with van der Waals surface area (Å²) in [4.78, 5) is 12.0. The highest BCUT2D eigenvalue weighted by molar-refractivity contribution is 9.10. The zero-order valence-corrected chi connectivity index (χ0v) is 15.0. The molecule has 0 aliphatic carbocycles. The Hall–Kier alpha value is -2.86. The van der Waals surface area contributed by atoms with Crippen LogP contribution in [0.1, 0.15) is 16.1 Å². The number of halogens is 1. The molecule has 0 bridgehead atoms. The molecule has 0 saturated carbocycles. The highest BCUT2D eigenvalue weighted by Crippen LogP contribution is 2.23. The topological polar surface area (TPSA) is 63.8 Å². The lowest BCUT2D eigenvalue weighted by molar-refractivity contribution is 0.0955. The fraction of sp³-hybridized carbons (Fsp3) is 0.0526. The van der Waals surface area contributed by atoms with Crippen molar-refractivity contribution in [3.05, 3.63) is 76.5 Å². The van der Waals surface area contributed by atoms with Gasteiger partial charge < -0.3 is 9.15 Å². The molecule has 0 atom stereocenters. The predicted molar refractivity (Wildman–Crippen MR) is 99.9 cm³/mol. The molecule has 6 heteroatoms. The molecule has 0 fully saturated rings. The Kier molecular flexibility index (Phi) is 5.30. The number of furan rings is 1. The van der Waals surface area contributed by atoms with Gasteiger partial charge in [0.05, 0.1) is 13.3 Å². The maximum absolute atomic E-state index is 12.0. The van der Waals surface area contributed by atoms with Crippen molar-refractivity contribution < 1.29 is 13.9 Å². The molecule has 3 rings (SSSR count). The van der Waals surface area contributed by atoms with E-state index in [4.69, 9.17) is 9.15 Å². The summed E-state index contributed by atoms with van der Waals surface area (Å²) in [5, 5.41) is 3.92. The van der Waals surface area contributed by atoms with Crippen molar-refractivity contribution in [3.63, 3.8) is 0 Å². The molecule has 2 aromatic carbocycles. The summed E-state index contributed by atoms with van der Waals surface area (Å²) < 4.78 is 11.8. The third-order valence-electron chi connectivity index (χ3n) is 3.47. The molecular weight excluding hydrogens is 384 g/mol. The van der Waals surface area contributed by atoms with Gasteiger partial charge in [-0.15, -0.1) is 0 Å². The van der Waals surface area contributed by atoms with Crippen LogP contribution in [0.3, 0.4) is 0 Å². The maximum Gasteiger partial charge on any atom is 0.271 e. The minimum Gasteiger partial charge on any atom is -0.497 e. The monoisotopic (exact) mass is 398 g/mol. The third kappa shape index (κ3) is 4.36. The van der Waals surface area contributed by atoms with Crippen LogP contribution in [0.2, 0.25) is 0 Å². The number of hydrazone groups is 1. The Balaban J connectivity index is 1.62. The molecule has 1 heterocycles. The minimum absolute atomic E-state index is 0.307. The second-order valence-electron chi connectivity index (χ2n) is 5.14. The zero-order valence-electron chi connectivity index (χ0n) is 13.4. The molecule has 0 aliphatic heterocycles. The van der Waals surface area contributed by atoms with E-state index in [-0.39, 0.29) is 5.91 Å². The van der Waals surface area contributed by atoms with Gasteiger partial charge in [-0.3, -0.25) is 4.79 Å². The van der Waals surface area contributed by atoms with Gasteiger partial charge >= 0.3 is 0 Å². The number of hydrogen-bond donors (Lipinski definition) is 1. The molecule has 0 aliphatic rings. The number of nitrogens with zero attached hydrogens (tertiary/aromatic N) is 1. The molecule has 1 N–H and O–H groups in total. The number of methoxy groups -OCH3 is 1. The summed E-state index contributed by atoms with van der Waals surface area (Å²) in [5.74, 6) is 1.66. The number of rotatable bonds is 5. The predicted octanol–water partition coefficient (Wildman–Crippen LogP) is 4.48. The molecule has 0 radical (unpaired) electrons. The summed E-state index contributed by atoms with van der Waals surface area (Å²) in [6.45, 7) is 0. The number of hydrogen-bond acceptors (Lipinski definition) is 4. The summed E-state index contributed by atoms with van der Waals surface area (Å²) >= 11 is 3.40. The summed E-state index contributed by atoms with van der Waals surface area (Å²) in [5.41, 5.74) is 3.92. The lowest BCUT2D eigenvalue weighted by Crippen LogP contribution is -2.17. The third-order valence-corrected chi connectivity index (χ3v) is 3.99. The second-order valence-corrected chi connectivity index (χ2v) is 6.05. The van der Waals surface area contributed by atoms with Crippen LogP contribution in [-0.4, -0.2) is 19.2 Å². The number of benzene rings is 2. The van der Waals surface area contributed by atoms with Gasteiger partial charge in [-0.05, 0) is 48.5 Å². The minimum atomic E-state index is -0.307. The highest BCUT2D eigenvalue weighted by atomic mass is 79.9. The van der Waals surface area contributed by atoms with Crippen molar-refractivity contribution >= 4 is 28.1 Å². The molecule has 1 aromatic heterocycles. The Morgan fingerprint density at radius 1 is 1.08 bits per heavy atom. The van der Waals surface area contributed by atoms with Crippen LogP contribution in [0.4, 0.5) is 0 Å². The van der Waals surface area contributed by atoms with Crippen LogP contribution in [0.15, 0.2) is 74.7 Å². The van der Waals surface area contributed by atoms with Crippen LogP contribution in [0.5, 0.6) is 5.75 Å². The van der Waals surface area contributed by atoms with Crippen molar-refractivity contribution in [2.75, 3.05) is 7.11 Å². The molecule has 0 spiro atoms. The molecule has 1 amide bonds. The molecule has 25 heavy (non-hydrogen) atoms. The largest absolute Gasteiger partial charge is 0.497 e. The van der Waals surface area contributed by atoms with E-state index in [1.807, 2.05) is 30.3 Å². The smallest absolute Gasteiger partial charge is 0.271 e. The number of ether oxygens (including phenoxy) is 1. The van der Waals surface area contributed by atoms with E-state index in [0.717, 1.165) is 15.8 Å². The molecule has 0 unspecified atom stereocenters. The Morgan fingerprint density at radius 3 is 2.48 bits per heavy atom. The van der Waals surface area contributed by atoms with E-state index in [1.54, 1.807) is 37.4 Å². The summed E-state index contributed by atoms with van der Waals surface area (Å²) in [7, 11) is 1.57. The quantitative estimate of drug-likeness (QED) is 0.508. The van der Waals surface area contributed by atoms with Gasteiger partial charge in [-0.25, -0.2) is 5.43 Å². The van der Waals surface area contributed by atoms with Gasteiger partial charge in [-0.1, -0.05) is 28.1 Å². The van der Waals surface area contributed by atoms with Gasteiger partial charge in [0.15, 0.2) is 0 Å². The average molecular weight is 399 g/mol. The van der Waals surface area contributed by atoms with Gasteiger partial charge in [0, 0.05) is 15.6 Å². The second kappa shape index (κ2) is 7.81. The maximum atomic E-state index is 12.0. The number of carbonyl (C=O) groups excluding carboxylic acids is 1. The Bertz CT molecular complexity index is 884. The van der Waals surface area contributed by atoms with Gasteiger partial charge in [0.1, 0.15) is 17.3 Å². The van der Waals surface area contributed by atoms with Crippen LogP contribution >= 0.6 is 15.9 Å². The molecule has 0 saturated heterocycles. The number of nitrogens with one attached hydrogen (secondary N) is 1. The van der Waals surface area contributed by atoms with Crippen molar-refractivity contribution in [1.29, 1.82) is 0 Å². The molecule has 126 valence electrons. The average Bonchev–Trinajstić information content (AvgIpc) is 3.11. The van der Waals surface area contributed by atoms with E-state index in [1.165, 1.54) is 6.21 Å². The fourth-order valence-electron chi connectivity index (χ4n) is 2.15. The summed E-state index contributed by atoms with van der Waals surface area (Å²) in [6.07, 6.45) is 1.46. The standard InChI is InChI=1S/C19H15BrN2O3/c1-24-16-8-4-14(5-9-16)19(23)22-21-12-17-10-11-18(25-17)13-2-6-15(20)7-3-13/h2-12H,1H3,(H,22,23)/b21-12-. The first kappa shape index (κ1) is 17.0. The molecule has 3 aromatic rings. The van der Waals surface area contributed by atoms with Crippen molar-refractivity contribution in [2.24, 2.45) is 5.10 Å².